The van der Waals surface area contributed by atoms with Gasteiger partial charge >= 0.3 is 12.4 Å². The van der Waals surface area contributed by atoms with E-state index in [1.807, 2.05) is 20.0 Å². The van der Waals surface area contributed by atoms with Crippen LogP contribution in [0.25, 0.3) is 5.57 Å². The summed E-state index contributed by atoms with van der Waals surface area (Å²) in [5.41, 5.74) is -3.13. The third kappa shape index (κ3) is 6.00. The van der Waals surface area contributed by atoms with Gasteiger partial charge in [0.2, 0.25) is 5.91 Å². The number of halogens is 6. The molecule has 1 amide bonds. The zero-order valence-electron chi connectivity index (χ0n) is 23.7. The van der Waals surface area contributed by atoms with Crippen molar-refractivity contribution in [3.05, 3.63) is 76.4 Å². The molecular weight excluding hydrogens is 546 g/mol. The smallest absolute Gasteiger partial charge is 0.354 e. The Hall–Kier alpha value is -3.34. The molecule has 1 atom stereocenters. The Morgan fingerprint density at radius 2 is 1.51 bits per heavy atom. The van der Waals surface area contributed by atoms with Crippen LogP contribution < -0.4 is 0 Å². The number of dihydropyridines is 1. The van der Waals surface area contributed by atoms with Gasteiger partial charge in [-0.05, 0) is 60.5 Å². The van der Waals surface area contributed by atoms with Crippen LogP contribution in [0.3, 0.4) is 0 Å². The summed E-state index contributed by atoms with van der Waals surface area (Å²) in [4.78, 5) is 23.8. The third-order valence-electron chi connectivity index (χ3n) is 7.91. The molecule has 11 heteroatoms. The summed E-state index contributed by atoms with van der Waals surface area (Å²) in [6.45, 7) is 7.70. The summed E-state index contributed by atoms with van der Waals surface area (Å²) in [6.07, 6.45) is -8.37. The molecular formula is C30H34F6N4O. The molecule has 2 aliphatic rings. The fourth-order valence-corrected chi connectivity index (χ4v) is 5.47. The largest absolute Gasteiger partial charge is 0.416 e. The number of amidine groups is 1. The number of carbonyl (C=O) groups is 1. The lowest BCUT2D eigenvalue weighted by atomic mass is 9.74. The SMILES string of the molecule is Cc1ccccc1C1=CC(N2CCN(C)CC2)=NCC1(c1cc(C(F)(F)F)cc(C(F)(F)F)c1)N(C)C(=O)C(C)C. The number of amides is 1. The molecule has 0 saturated carbocycles. The Morgan fingerprint density at radius 3 is 2.02 bits per heavy atom. The molecule has 0 bridgehead atoms. The number of aliphatic imine (C=N–C) groups is 1. The minimum Gasteiger partial charge on any atom is -0.354 e. The van der Waals surface area contributed by atoms with Crippen molar-refractivity contribution in [1.82, 2.24) is 14.7 Å². The van der Waals surface area contributed by atoms with Gasteiger partial charge in [0.1, 0.15) is 11.4 Å². The summed E-state index contributed by atoms with van der Waals surface area (Å²) in [5.74, 6) is -0.431. The van der Waals surface area contributed by atoms with Crippen LogP contribution in [0.15, 0.2) is 53.5 Å². The number of hydrogen-bond donors (Lipinski definition) is 0. The first-order valence-electron chi connectivity index (χ1n) is 13.4. The van der Waals surface area contributed by atoms with Gasteiger partial charge in [-0.1, -0.05) is 38.1 Å². The van der Waals surface area contributed by atoms with Crippen LogP contribution in [-0.4, -0.2) is 73.3 Å². The first-order valence-corrected chi connectivity index (χ1v) is 13.4. The lowest BCUT2D eigenvalue weighted by Gasteiger charge is -2.47. The molecule has 2 heterocycles. The van der Waals surface area contributed by atoms with E-state index in [1.54, 1.807) is 38.1 Å². The molecule has 222 valence electrons. The van der Waals surface area contributed by atoms with Crippen LogP contribution in [0.1, 0.15) is 41.7 Å². The highest BCUT2D eigenvalue weighted by atomic mass is 19.4. The Balaban J connectivity index is 2.05. The van der Waals surface area contributed by atoms with E-state index in [1.165, 1.54) is 11.9 Å². The monoisotopic (exact) mass is 580 g/mol. The van der Waals surface area contributed by atoms with Gasteiger partial charge in [0, 0.05) is 39.1 Å². The van der Waals surface area contributed by atoms with Crippen LogP contribution in [0.2, 0.25) is 0 Å². The van der Waals surface area contributed by atoms with Crippen molar-refractivity contribution in [1.29, 1.82) is 0 Å². The zero-order valence-corrected chi connectivity index (χ0v) is 23.7. The van der Waals surface area contributed by atoms with E-state index in [-0.39, 0.29) is 18.2 Å². The second-order valence-corrected chi connectivity index (χ2v) is 11.0. The van der Waals surface area contributed by atoms with Crippen LogP contribution in [0.5, 0.6) is 0 Å². The number of hydrogen-bond acceptors (Lipinski definition) is 4. The van der Waals surface area contributed by atoms with E-state index in [2.05, 4.69) is 9.80 Å². The Bertz CT molecular complexity index is 1320. The number of likely N-dealkylation sites (N-methyl/N-ethyl adjacent to an activating group) is 2. The van der Waals surface area contributed by atoms with Crippen molar-refractivity contribution in [2.45, 2.75) is 38.7 Å². The second kappa shape index (κ2) is 11.2. The number of benzene rings is 2. The molecule has 1 saturated heterocycles. The van der Waals surface area contributed by atoms with Crippen molar-refractivity contribution in [2.24, 2.45) is 10.9 Å². The lowest BCUT2D eigenvalue weighted by molar-refractivity contribution is -0.143. The molecule has 2 aliphatic heterocycles. The van der Waals surface area contributed by atoms with Gasteiger partial charge in [0.05, 0.1) is 17.7 Å². The van der Waals surface area contributed by atoms with E-state index in [4.69, 9.17) is 4.99 Å². The van der Waals surface area contributed by atoms with Gasteiger partial charge in [-0.15, -0.1) is 0 Å². The molecule has 1 unspecified atom stereocenters. The first kappa shape index (κ1) is 30.6. The maximum absolute atomic E-state index is 14.0. The molecule has 0 spiro atoms. The fraction of sp³-hybridized carbons (Fsp3) is 0.467. The molecule has 2 aromatic carbocycles. The van der Waals surface area contributed by atoms with Gasteiger partial charge < -0.3 is 14.7 Å². The highest BCUT2D eigenvalue weighted by Gasteiger charge is 2.48. The number of rotatable bonds is 4. The highest BCUT2D eigenvalue weighted by molar-refractivity contribution is 6.04. The van der Waals surface area contributed by atoms with E-state index in [0.717, 1.165) is 30.8 Å². The summed E-state index contributed by atoms with van der Waals surface area (Å²) >= 11 is 0. The summed E-state index contributed by atoms with van der Waals surface area (Å²) in [5, 5.41) is 0. The summed E-state index contributed by atoms with van der Waals surface area (Å²) in [6, 6.07) is 8.71. The predicted octanol–water partition coefficient (Wildman–Crippen LogP) is 6.09. The van der Waals surface area contributed by atoms with Crippen LogP contribution in [0, 0.1) is 12.8 Å². The molecule has 4 rings (SSSR count). The maximum Gasteiger partial charge on any atom is 0.416 e. The number of alkyl halides is 6. The van der Waals surface area contributed by atoms with Gasteiger partial charge in [0.15, 0.2) is 0 Å². The highest BCUT2D eigenvalue weighted by Crippen LogP contribution is 2.48. The second-order valence-electron chi connectivity index (χ2n) is 11.0. The van der Waals surface area contributed by atoms with Gasteiger partial charge in [-0.3, -0.25) is 9.79 Å². The minimum atomic E-state index is -5.05. The quantitative estimate of drug-likeness (QED) is 0.412. The van der Waals surface area contributed by atoms with Crippen molar-refractivity contribution < 1.29 is 31.1 Å². The fourth-order valence-electron chi connectivity index (χ4n) is 5.47. The molecule has 41 heavy (non-hydrogen) atoms. The van der Waals surface area contributed by atoms with Crippen LogP contribution in [0.4, 0.5) is 26.3 Å². The number of nitrogens with zero attached hydrogens (tertiary/aromatic N) is 4. The number of aryl methyl sites for hydroxylation is 1. The van der Waals surface area contributed by atoms with Crippen molar-refractivity contribution in [3.63, 3.8) is 0 Å². The minimum absolute atomic E-state index is 0.111. The van der Waals surface area contributed by atoms with Gasteiger partial charge in [0.25, 0.3) is 0 Å². The Morgan fingerprint density at radius 1 is 0.951 bits per heavy atom. The van der Waals surface area contributed by atoms with E-state index in [0.29, 0.717) is 30.1 Å². The number of piperazine rings is 1. The molecule has 5 nitrogen and oxygen atoms in total. The van der Waals surface area contributed by atoms with Crippen molar-refractivity contribution >= 4 is 17.3 Å². The van der Waals surface area contributed by atoms with Gasteiger partial charge in [-0.2, -0.15) is 26.3 Å². The van der Waals surface area contributed by atoms with E-state index >= 15 is 0 Å². The van der Waals surface area contributed by atoms with E-state index < -0.39 is 40.8 Å². The predicted molar refractivity (Wildman–Crippen MR) is 146 cm³/mol. The average molecular weight is 581 g/mol. The van der Waals surface area contributed by atoms with Crippen molar-refractivity contribution in [2.75, 3.05) is 46.8 Å². The Labute approximate surface area is 236 Å². The molecule has 0 aliphatic carbocycles. The average Bonchev–Trinajstić information content (AvgIpc) is 2.91. The first-order chi connectivity index (χ1) is 19.1. The Kier molecular flexibility index (Phi) is 8.33. The van der Waals surface area contributed by atoms with Crippen LogP contribution in [-0.2, 0) is 22.7 Å². The molecule has 0 aromatic heterocycles. The third-order valence-corrected chi connectivity index (χ3v) is 7.91. The normalized spacial score (nSPS) is 20.6. The molecule has 0 radical (unpaired) electrons. The summed E-state index contributed by atoms with van der Waals surface area (Å²) < 4.78 is 84.2. The molecule has 2 aromatic rings. The topological polar surface area (TPSA) is 39.1 Å². The standard InChI is InChI=1S/C30H34F6N4O/c1-19(2)27(41)39(5)28(21-14-22(29(31,32)33)16-23(15-21)30(34,35)36)18-37-26(40-12-10-38(4)11-13-40)17-25(28)24-9-7-6-8-20(24)3/h6-9,14-17,19H,10-13,18H2,1-5H3. The van der Waals surface area contributed by atoms with E-state index in [9.17, 15) is 31.1 Å². The van der Waals surface area contributed by atoms with Crippen molar-refractivity contribution in [3.8, 4) is 0 Å². The number of carbonyl (C=O) groups excluding carboxylic acids is 1. The lowest BCUT2D eigenvalue weighted by Crippen LogP contribution is -2.54. The summed E-state index contributed by atoms with van der Waals surface area (Å²) in [7, 11) is 3.43. The van der Waals surface area contributed by atoms with Crippen LogP contribution >= 0.6 is 0 Å². The molecule has 0 N–H and O–H groups in total. The zero-order chi connectivity index (χ0) is 30.3. The maximum atomic E-state index is 14.0. The van der Waals surface area contributed by atoms with Gasteiger partial charge in [-0.25, -0.2) is 0 Å². The molecule has 1 fully saturated rings.